The molecule has 3 unspecified atom stereocenters. The fourth-order valence-corrected chi connectivity index (χ4v) is 5.33. The monoisotopic (exact) mass is 362 g/mol. The summed E-state index contributed by atoms with van der Waals surface area (Å²) in [6.45, 7) is 7.45. The molecule has 0 spiro atoms. The second-order valence-electron chi connectivity index (χ2n) is 8.94. The zero-order valence-corrected chi connectivity index (χ0v) is 15.7. The van der Waals surface area contributed by atoms with Crippen LogP contribution in [0.2, 0.25) is 0 Å². The Morgan fingerprint density at radius 3 is 2.65 bits per heavy atom. The van der Waals surface area contributed by atoms with Gasteiger partial charge in [0.05, 0.1) is 25.0 Å². The number of rotatable bonds is 2. The summed E-state index contributed by atoms with van der Waals surface area (Å²) in [6, 6.07) is 3.28. The molecule has 0 aromatic carbocycles. The fraction of sp³-hybridized carbons (Fsp3) is 0.750. The van der Waals surface area contributed by atoms with Gasteiger partial charge in [0.25, 0.3) is 5.92 Å². The number of hydrogen-bond acceptors (Lipinski definition) is 4. The summed E-state index contributed by atoms with van der Waals surface area (Å²) in [6.07, 6.45) is 5.48. The summed E-state index contributed by atoms with van der Waals surface area (Å²) < 4.78 is 26.5. The minimum atomic E-state index is -2.54. The first-order valence-electron chi connectivity index (χ1n) is 10.0. The maximum Gasteiger partial charge on any atom is 0.282 e. The van der Waals surface area contributed by atoms with Crippen molar-refractivity contribution in [3.63, 3.8) is 0 Å². The molecule has 0 radical (unpaired) electrons. The van der Waals surface area contributed by atoms with E-state index in [0.29, 0.717) is 12.1 Å². The first kappa shape index (κ1) is 16.7. The summed E-state index contributed by atoms with van der Waals surface area (Å²) in [5.41, 5.74) is 2.14. The third-order valence-electron chi connectivity index (χ3n) is 7.04. The molecule has 4 aliphatic rings. The van der Waals surface area contributed by atoms with E-state index in [-0.39, 0.29) is 13.1 Å². The number of fused-ring (bicyclic) bond motifs is 5. The van der Waals surface area contributed by atoms with E-state index in [2.05, 4.69) is 29.7 Å². The SMILES string of the molecule is CC(C)N1CCN2c3ncc(N4CC(F)(F)C4)cc3CC3CCC3C2C1. The third-order valence-corrected chi connectivity index (χ3v) is 7.04. The van der Waals surface area contributed by atoms with Crippen LogP contribution in [-0.2, 0) is 6.42 Å². The Morgan fingerprint density at radius 2 is 2.00 bits per heavy atom. The molecule has 4 heterocycles. The molecule has 3 fully saturated rings. The number of pyridine rings is 1. The smallest absolute Gasteiger partial charge is 0.282 e. The molecule has 2 saturated heterocycles. The lowest BCUT2D eigenvalue weighted by atomic mass is 9.67. The van der Waals surface area contributed by atoms with Gasteiger partial charge in [-0.1, -0.05) is 0 Å². The normalized spacial score (nSPS) is 32.9. The second-order valence-corrected chi connectivity index (χ2v) is 8.94. The number of alkyl halides is 2. The number of aromatic nitrogens is 1. The van der Waals surface area contributed by atoms with Crippen molar-refractivity contribution < 1.29 is 8.78 Å². The molecule has 4 nitrogen and oxygen atoms in total. The van der Waals surface area contributed by atoms with E-state index in [9.17, 15) is 8.78 Å². The van der Waals surface area contributed by atoms with E-state index in [1.807, 2.05) is 6.20 Å². The number of nitrogens with zero attached hydrogens (tertiary/aromatic N) is 4. The largest absolute Gasteiger partial charge is 0.358 e. The lowest BCUT2D eigenvalue weighted by Gasteiger charge is -2.50. The number of piperazine rings is 1. The predicted octanol–water partition coefficient (Wildman–Crippen LogP) is 3.02. The predicted molar refractivity (Wildman–Crippen MR) is 99.2 cm³/mol. The standard InChI is InChI=1S/C20H28F2N4/c1-13(2)24-5-6-26-18(10-24)17-4-3-14(17)7-15-8-16(9-23-19(15)26)25-11-20(21,22)12-25/h8-9,13-14,17-18H,3-7,10-12H2,1-2H3. The summed E-state index contributed by atoms with van der Waals surface area (Å²) in [4.78, 5) is 11.7. The van der Waals surface area contributed by atoms with Crippen molar-refractivity contribution in [2.24, 2.45) is 11.8 Å². The molecule has 0 N–H and O–H groups in total. The first-order valence-corrected chi connectivity index (χ1v) is 10.0. The molecule has 3 atom stereocenters. The molecule has 0 bridgehead atoms. The highest BCUT2D eigenvalue weighted by atomic mass is 19.3. The zero-order valence-electron chi connectivity index (χ0n) is 15.7. The molecular weight excluding hydrogens is 334 g/mol. The van der Waals surface area contributed by atoms with Crippen molar-refractivity contribution in [2.45, 2.75) is 51.1 Å². The van der Waals surface area contributed by atoms with Gasteiger partial charge in [0.15, 0.2) is 0 Å². The Hall–Kier alpha value is -1.43. The van der Waals surface area contributed by atoms with Gasteiger partial charge in [-0.15, -0.1) is 0 Å². The van der Waals surface area contributed by atoms with Crippen molar-refractivity contribution in [3.8, 4) is 0 Å². The van der Waals surface area contributed by atoms with Crippen LogP contribution in [0, 0.1) is 11.8 Å². The van der Waals surface area contributed by atoms with Gasteiger partial charge in [-0.2, -0.15) is 0 Å². The van der Waals surface area contributed by atoms with Crippen molar-refractivity contribution in [1.82, 2.24) is 9.88 Å². The number of halogens is 2. The first-order chi connectivity index (χ1) is 12.4. The maximum absolute atomic E-state index is 13.2. The van der Waals surface area contributed by atoms with E-state index in [1.165, 1.54) is 18.4 Å². The highest BCUT2D eigenvalue weighted by Gasteiger charge is 2.47. The Kier molecular flexibility index (Phi) is 3.72. The van der Waals surface area contributed by atoms with Gasteiger partial charge in [-0.05, 0) is 56.6 Å². The second kappa shape index (κ2) is 5.78. The Labute approximate surface area is 154 Å². The van der Waals surface area contributed by atoms with Gasteiger partial charge < -0.3 is 9.80 Å². The summed E-state index contributed by atoms with van der Waals surface area (Å²) in [5.74, 6) is 0.0570. The Morgan fingerprint density at radius 1 is 1.19 bits per heavy atom. The van der Waals surface area contributed by atoms with Crippen LogP contribution in [0.25, 0.3) is 0 Å². The highest BCUT2D eigenvalue weighted by Crippen LogP contribution is 2.47. The van der Waals surface area contributed by atoms with Crippen molar-refractivity contribution in [1.29, 1.82) is 0 Å². The minimum absolute atomic E-state index is 0.171. The average Bonchev–Trinajstić information content (AvgIpc) is 2.64. The van der Waals surface area contributed by atoms with E-state index >= 15 is 0 Å². The van der Waals surface area contributed by atoms with Crippen LogP contribution >= 0.6 is 0 Å². The van der Waals surface area contributed by atoms with Crippen LogP contribution in [0.1, 0.15) is 32.3 Å². The van der Waals surface area contributed by atoms with Gasteiger partial charge in [-0.25, -0.2) is 13.8 Å². The molecule has 1 saturated carbocycles. The lowest BCUT2D eigenvalue weighted by molar-refractivity contribution is -0.0262. The van der Waals surface area contributed by atoms with Crippen LogP contribution in [-0.4, -0.2) is 60.6 Å². The molecule has 1 aliphatic carbocycles. The summed E-state index contributed by atoms with van der Waals surface area (Å²) in [5, 5.41) is 0. The van der Waals surface area contributed by atoms with Crippen LogP contribution < -0.4 is 9.80 Å². The van der Waals surface area contributed by atoms with E-state index in [0.717, 1.165) is 49.4 Å². The minimum Gasteiger partial charge on any atom is -0.358 e. The Balaban J connectivity index is 1.45. The number of anilines is 2. The molecular formula is C20H28F2N4. The van der Waals surface area contributed by atoms with Gasteiger partial charge >= 0.3 is 0 Å². The molecule has 142 valence electrons. The molecule has 0 amide bonds. The molecule has 3 aliphatic heterocycles. The van der Waals surface area contributed by atoms with Crippen LogP contribution in [0.5, 0.6) is 0 Å². The lowest BCUT2D eigenvalue weighted by Crippen LogP contribution is -2.59. The number of hydrogen-bond donors (Lipinski definition) is 0. The van der Waals surface area contributed by atoms with Gasteiger partial charge in [0, 0.05) is 31.7 Å². The average molecular weight is 362 g/mol. The maximum atomic E-state index is 13.2. The van der Waals surface area contributed by atoms with E-state index < -0.39 is 5.92 Å². The van der Waals surface area contributed by atoms with E-state index in [1.54, 1.807) is 4.90 Å². The molecule has 26 heavy (non-hydrogen) atoms. The zero-order chi connectivity index (χ0) is 18.1. The van der Waals surface area contributed by atoms with Crippen molar-refractivity contribution in [3.05, 3.63) is 17.8 Å². The summed E-state index contributed by atoms with van der Waals surface area (Å²) >= 11 is 0. The summed E-state index contributed by atoms with van der Waals surface area (Å²) in [7, 11) is 0. The molecule has 1 aromatic rings. The highest BCUT2D eigenvalue weighted by molar-refractivity contribution is 5.59. The Bertz CT molecular complexity index is 699. The van der Waals surface area contributed by atoms with Gasteiger partial charge in [0.2, 0.25) is 0 Å². The van der Waals surface area contributed by atoms with Crippen LogP contribution in [0.3, 0.4) is 0 Å². The fourth-order valence-electron chi connectivity index (χ4n) is 5.33. The quantitative estimate of drug-likeness (QED) is 0.807. The van der Waals surface area contributed by atoms with Crippen LogP contribution in [0.15, 0.2) is 12.3 Å². The van der Waals surface area contributed by atoms with E-state index in [4.69, 9.17) is 4.98 Å². The van der Waals surface area contributed by atoms with Gasteiger partial charge in [0.1, 0.15) is 5.82 Å². The van der Waals surface area contributed by atoms with Crippen molar-refractivity contribution in [2.75, 3.05) is 42.5 Å². The molecule has 6 heteroatoms. The van der Waals surface area contributed by atoms with Gasteiger partial charge in [-0.3, -0.25) is 4.90 Å². The molecule has 1 aromatic heterocycles. The molecule has 5 rings (SSSR count). The van der Waals surface area contributed by atoms with Crippen LogP contribution in [0.4, 0.5) is 20.3 Å². The van der Waals surface area contributed by atoms with Crippen molar-refractivity contribution >= 4 is 11.5 Å². The third kappa shape index (κ3) is 2.60. The topological polar surface area (TPSA) is 22.6 Å².